The van der Waals surface area contributed by atoms with Crippen molar-refractivity contribution < 1.29 is 0 Å². The Morgan fingerprint density at radius 3 is 2.64 bits per heavy atom. The van der Waals surface area contributed by atoms with Crippen molar-refractivity contribution in [2.45, 2.75) is 24.6 Å². The second kappa shape index (κ2) is 3.50. The minimum Gasteiger partial charge on any atom is -0.132 e. The zero-order valence-corrected chi connectivity index (χ0v) is 10.9. The van der Waals surface area contributed by atoms with Crippen molar-refractivity contribution in [1.29, 1.82) is 0 Å². The average Bonchev–Trinajstić information content (AvgIpc) is 2.56. The van der Waals surface area contributed by atoms with Crippen LogP contribution in [0.4, 0.5) is 0 Å². The molecule has 1 heterocycles. The third-order valence-corrected chi connectivity index (χ3v) is 6.04. The lowest BCUT2D eigenvalue weighted by molar-refractivity contribution is 0.577. The Bertz CT molecular complexity index is 339. The second-order valence-corrected chi connectivity index (χ2v) is 7.34. The number of rotatable bonds is 2. The van der Waals surface area contributed by atoms with Gasteiger partial charge in [0.25, 0.3) is 0 Å². The van der Waals surface area contributed by atoms with Crippen LogP contribution in [-0.4, -0.2) is 0 Å². The van der Waals surface area contributed by atoms with Gasteiger partial charge in [0.1, 0.15) is 0 Å². The van der Waals surface area contributed by atoms with Crippen molar-refractivity contribution in [3.05, 3.63) is 20.8 Å². The molecule has 0 aromatic carbocycles. The molecule has 0 spiro atoms. The molecule has 2 fully saturated rings. The van der Waals surface area contributed by atoms with Crippen LogP contribution in [0.1, 0.15) is 29.5 Å². The number of thiophene rings is 1. The standard InChI is InChI=1S/C11H12BrClS/c12-9-5-4-8(14-9)11(13)10-6-2-1-3-7(6)10/h4-7,10-11H,1-3H2. The number of hydrogen-bond acceptors (Lipinski definition) is 1. The number of alkyl halides is 1. The van der Waals surface area contributed by atoms with E-state index in [1.165, 1.54) is 27.9 Å². The fourth-order valence-electron chi connectivity index (χ4n) is 2.98. The van der Waals surface area contributed by atoms with E-state index in [0.717, 1.165) is 17.8 Å². The van der Waals surface area contributed by atoms with Crippen LogP contribution in [0.2, 0.25) is 0 Å². The highest BCUT2D eigenvalue weighted by atomic mass is 79.9. The summed E-state index contributed by atoms with van der Waals surface area (Å²) in [6.07, 6.45) is 4.28. The number of halogens is 2. The van der Waals surface area contributed by atoms with Crippen molar-refractivity contribution in [3.8, 4) is 0 Å². The summed E-state index contributed by atoms with van der Waals surface area (Å²) in [7, 11) is 0. The van der Waals surface area contributed by atoms with Crippen LogP contribution < -0.4 is 0 Å². The molecule has 14 heavy (non-hydrogen) atoms. The monoisotopic (exact) mass is 290 g/mol. The maximum Gasteiger partial charge on any atom is 0.0712 e. The summed E-state index contributed by atoms with van der Waals surface area (Å²) in [5, 5.41) is 0.279. The molecule has 3 heteroatoms. The maximum absolute atomic E-state index is 6.51. The smallest absolute Gasteiger partial charge is 0.0712 e. The Hall–Kier alpha value is 0.470. The van der Waals surface area contributed by atoms with Crippen molar-refractivity contribution in [2.75, 3.05) is 0 Å². The summed E-state index contributed by atoms with van der Waals surface area (Å²) < 4.78 is 1.20. The van der Waals surface area contributed by atoms with E-state index in [1.807, 2.05) is 0 Å². The van der Waals surface area contributed by atoms with Crippen LogP contribution in [0.5, 0.6) is 0 Å². The maximum atomic E-state index is 6.51. The first-order valence-electron chi connectivity index (χ1n) is 5.16. The highest BCUT2D eigenvalue weighted by Crippen LogP contribution is 2.64. The van der Waals surface area contributed by atoms with Gasteiger partial charge in [0.15, 0.2) is 0 Å². The molecule has 2 saturated carbocycles. The minimum absolute atomic E-state index is 0.279. The second-order valence-electron chi connectivity index (χ2n) is 4.38. The summed E-state index contributed by atoms with van der Waals surface area (Å²) in [6.45, 7) is 0. The largest absolute Gasteiger partial charge is 0.132 e. The molecule has 0 radical (unpaired) electrons. The molecule has 1 aromatic heterocycles. The van der Waals surface area contributed by atoms with E-state index < -0.39 is 0 Å². The van der Waals surface area contributed by atoms with E-state index >= 15 is 0 Å². The number of fused-ring (bicyclic) bond motifs is 1. The Labute approximate surface area is 102 Å². The van der Waals surface area contributed by atoms with Gasteiger partial charge in [-0.1, -0.05) is 6.42 Å². The van der Waals surface area contributed by atoms with E-state index in [4.69, 9.17) is 11.6 Å². The van der Waals surface area contributed by atoms with Crippen LogP contribution in [0.3, 0.4) is 0 Å². The zero-order chi connectivity index (χ0) is 9.71. The quantitative estimate of drug-likeness (QED) is 0.684. The van der Waals surface area contributed by atoms with Gasteiger partial charge in [-0.2, -0.15) is 0 Å². The highest BCUT2D eigenvalue weighted by Gasteiger charge is 2.55. The van der Waals surface area contributed by atoms with E-state index in [2.05, 4.69) is 28.1 Å². The molecule has 3 atom stereocenters. The third-order valence-electron chi connectivity index (χ3n) is 3.68. The van der Waals surface area contributed by atoms with Crippen molar-refractivity contribution in [1.82, 2.24) is 0 Å². The van der Waals surface area contributed by atoms with Gasteiger partial charge < -0.3 is 0 Å². The summed E-state index contributed by atoms with van der Waals surface area (Å²) in [5.74, 6) is 2.70. The highest BCUT2D eigenvalue weighted by molar-refractivity contribution is 9.11. The lowest BCUT2D eigenvalue weighted by Gasteiger charge is -2.08. The van der Waals surface area contributed by atoms with Gasteiger partial charge in [0, 0.05) is 4.88 Å². The van der Waals surface area contributed by atoms with Gasteiger partial charge in [0.05, 0.1) is 9.16 Å². The van der Waals surface area contributed by atoms with Crippen molar-refractivity contribution in [3.63, 3.8) is 0 Å². The van der Waals surface area contributed by atoms with Crippen LogP contribution >= 0.6 is 38.9 Å². The summed E-state index contributed by atoms with van der Waals surface area (Å²) in [5.41, 5.74) is 0. The SMILES string of the molecule is ClC(c1ccc(Br)s1)C1C2CCCC21. The summed E-state index contributed by atoms with van der Waals surface area (Å²) in [4.78, 5) is 1.35. The van der Waals surface area contributed by atoms with Gasteiger partial charge in [0.2, 0.25) is 0 Å². The van der Waals surface area contributed by atoms with E-state index in [0.29, 0.717) is 0 Å². The molecule has 0 nitrogen and oxygen atoms in total. The predicted octanol–water partition coefficient (Wildman–Crippen LogP) is 4.84. The first-order valence-corrected chi connectivity index (χ1v) is 7.21. The molecule has 0 saturated heterocycles. The third kappa shape index (κ3) is 1.46. The molecule has 0 N–H and O–H groups in total. The lowest BCUT2D eigenvalue weighted by atomic mass is 10.1. The Morgan fingerprint density at radius 2 is 2.07 bits per heavy atom. The number of hydrogen-bond donors (Lipinski definition) is 0. The Kier molecular flexibility index (Phi) is 2.42. The topological polar surface area (TPSA) is 0 Å². The average molecular weight is 292 g/mol. The molecule has 0 amide bonds. The zero-order valence-electron chi connectivity index (χ0n) is 7.75. The fourth-order valence-corrected chi connectivity index (χ4v) is 5.02. The Balaban J connectivity index is 1.75. The lowest BCUT2D eigenvalue weighted by Crippen LogP contribution is -1.95. The van der Waals surface area contributed by atoms with Crippen LogP contribution in [0.15, 0.2) is 15.9 Å². The van der Waals surface area contributed by atoms with Crippen LogP contribution in [0.25, 0.3) is 0 Å². The van der Waals surface area contributed by atoms with E-state index in [1.54, 1.807) is 11.3 Å². The van der Waals surface area contributed by atoms with Crippen LogP contribution in [-0.2, 0) is 0 Å². The fraction of sp³-hybridized carbons (Fsp3) is 0.636. The van der Waals surface area contributed by atoms with Gasteiger partial charge in [-0.3, -0.25) is 0 Å². The first-order chi connectivity index (χ1) is 6.77. The molecule has 3 rings (SSSR count). The summed E-state index contributed by atoms with van der Waals surface area (Å²) in [6, 6.07) is 4.27. The Morgan fingerprint density at radius 1 is 1.36 bits per heavy atom. The predicted molar refractivity (Wildman–Crippen MR) is 64.9 cm³/mol. The van der Waals surface area contributed by atoms with Gasteiger partial charge in [-0.25, -0.2) is 0 Å². The van der Waals surface area contributed by atoms with Gasteiger partial charge in [-0.05, 0) is 58.7 Å². The first kappa shape index (κ1) is 9.68. The molecule has 76 valence electrons. The van der Waals surface area contributed by atoms with E-state index in [-0.39, 0.29) is 5.38 Å². The molecule has 2 aliphatic carbocycles. The molecular formula is C11H12BrClS. The molecule has 2 aliphatic rings. The van der Waals surface area contributed by atoms with E-state index in [9.17, 15) is 0 Å². The van der Waals surface area contributed by atoms with Crippen LogP contribution in [0, 0.1) is 17.8 Å². The normalized spacial score (nSPS) is 36.9. The summed E-state index contributed by atoms with van der Waals surface area (Å²) >= 11 is 11.8. The molecule has 3 unspecified atom stereocenters. The molecule has 1 aromatic rings. The van der Waals surface area contributed by atoms with Gasteiger partial charge in [-0.15, -0.1) is 22.9 Å². The van der Waals surface area contributed by atoms with Gasteiger partial charge >= 0.3 is 0 Å². The molecule has 0 bridgehead atoms. The molecular weight excluding hydrogens is 280 g/mol. The van der Waals surface area contributed by atoms with Crippen molar-refractivity contribution >= 4 is 38.9 Å². The molecule has 0 aliphatic heterocycles. The van der Waals surface area contributed by atoms with Crippen molar-refractivity contribution in [2.24, 2.45) is 17.8 Å². The minimum atomic E-state index is 0.279.